The molecule has 0 aliphatic carbocycles. The number of thiophene rings is 1. The molecular formula is C24H25F4N3O4S. The van der Waals surface area contributed by atoms with Crippen molar-refractivity contribution in [2.24, 2.45) is 0 Å². The molecule has 1 aliphatic rings. The van der Waals surface area contributed by atoms with Crippen molar-refractivity contribution >= 4 is 27.5 Å². The maximum absolute atomic E-state index is 13.4. The summed E-state index contributed by atoms with van der Waals surface area (Å²) in [7, 11) is 0. The number of fused-ring (bicyclic) bond motifs is 1. The number of alkyl halides is 3. The number of amides is 1. The van der Waals surface area contributed by atoms with Gasteiger partial charge in [0.2, 0.25) is 0 Å². The first-order chi connectivity index (χ1) is 17.0. The van der Waals surface area contributed by atoms with Crippen LogP contribution < -0.4 is 11.2 Å². The number of carbonyl (C=O) groups is 1. The SMILES string of the molecule is Cc1c(C(=O)N2CCC(O)CC2)sc2c1c(=O)n(CCc1ccc(F)cc1)c(=O)n2CCC(F)(F)F. The number of aromatic nitrogens is 2. The van der Waals surface area contributed by atoms with Crippen molar-refractivity contribution in [1.82, 2.24) is 14.0 Å². The maximum atomic E-state index is 13.4. The lowest BCUT2D eigenvalue weighted by atomic mass is 10.1. The molecule has 4 rings (SSSR count). The monoisotopic (exact) mass is 527 g/mol. The highest BCUT2D eigenvalue weighted by molar-refractivity contribution is 7.20. The van der Waals surface area contributed by atoms with Crippen LogP contribution in [-0.4, -0.2) is 50.4 Å². The van der Waals surface area contributed by atoms with Gasteiger partial charge < -0.3 is 10.0 Å². The fraction of sp³-hybridized carbons (Fsp3) is 0.458. The highest BCUT2D eigenvalue weighted by atomic mass is 32.1. The fourth-order valence-corrected chi connectivity index (χ4v) is 5.62. The van der Waals surface area contributed by atoms with E-state index in [9.17, 15) is 37.1 Å². The Morgan fingerprint density at radius 3 is 2.33 bits per heavy atom. The van der Waals surface area contributed by atoms with E-state index in [1.807, 2.05) is 0 Å². The van der Waals surface area contributed by atoms with Crippen LogP contribution >= 0.6 is 11.3 Å². The highest BCUT2D eigenvalue weighted by Crippen LogP contribution is 2.31. The van der Waals surface area contributed by atoms with E-state index >= 15 is 0 Å². The molecule has 1 saturated heterocycles. The summed E-state index contributed by atoms with van der Waals surface area (Å²) in [5.41, 5.74) is -0.607. The molecule has 1 aliphatic heterocycles. The Morgan fingerprint density at radius 2 is 1.72 bits per heavy atom. The van der Waals surface area contributed by atoms with E-state index < -0.39 is 42.3 Å². The number of likely N-dealkylation sites (tertiary alicyclic amines) is 1. The molecule has 0 radical (unpaired) electrons. The Labute approximate surface area is 207 Å². The zero-order valence-electron chi connectivity index (χ0n) is 19.5. The second-order valence-corrected chi connectivity index (χ2v) is 9.89. The van der Waals surface area contributed by atoms with Gasteiger partial charge in [-0.15, -0.1) is 11.3 Å². The van der Waals surface area contributed by atoms with Gasteiger partial charge in [0.1, 0.15) is 10.6 Å². The molecule has 0 unspecified atom stereocenters. The van der Waals surface area contributed by atoms with E-state index in [2.05, 4.69) is 0 Å². The first-order valence-electron chi connectivity index (χ1n) is 11.5. The predicted octanol–water partition coefficient (Wildman–Crippen LogP) is 3.46. The normalized spacial score (nSPS) is 15.1. The minimum Gasteiger partial charge on any atom is -0.393 e. The third-order valence-corrected chi connectivity index (χ3v) is 7.70. The number of nitrogens with zero attached hydrogens (tertiary/aromatic N) is 3. The number of rotatable bonds is 6. The van der Waals surface area contributed by atoms with Crippen molar-refractivity contribution in [2.75, 3.05) is 13.1 Å². The summed E-state index contributed by atoms with van der Waals surface area (Å²) < 4.78 is 54.2. The summed E-state index contributed by atoms with van der Waals surface area (Å²) in [6.07, 6.45) is -5.31. The van der Waals surface area contributed by atoms with E-state index in [-0.39, 0.29) is 34.0 Å². The minimum atomic E-state index is -4.53. The molecule has 1 amide bonds. The first-order valence-corrected chi connectivity index (χ1v) is 12.3. The van der Waals surface area contributed by atoms with Gasteiger partial charge in [-0.05, 0) is 49.4 Å². The summed E-state index contributed by atoms with van der Waals surface area (Å²) in [5.74, 6) is -0.825. The number of aryl methyl sites for hydroxylation is 3. The summed E-state index contributed by atoms with van der Waals surface area (Å²) in [6, 6.07) is 5.49. The zero-order valence-corrected chi connectivity index (χ0v) is 20.3. The van der Waals surface area contributed by atoms with E-state index in [0.717, 1.165) is 20.5 Å². The predicted molar refractivity (Wildman–Crippen MR) is 127 cm³/mol. The van der Waals surface area contributed by atoms with Gasteiger partial charge in [-0.3, -0.25) is 18.7 Å². The van der Waals surface area contributed by atoms with E-state index in [1.54, 1.807) is 6.92 Å². The van der Waals surface area contributed by atoms with Crippen LogP contribution in [-0.2, 0) is 19.5 Å². The molecule has 1 aromatic carbocycles. The number of piperidine rings is 1. The number of aliphatic hydroxyl groups is 1. The maximum Gasteiger partial charge on any atom is 0.390 e. The van der Waals surface area contributed by atoms with Gasteiger partial charge in [0, 0.05) is 26.2 Å². The van der Waals surface area contributed by atoms with Gasteiger partial charge >= 0.3 is 11.9 Å². The number of benzene rings is 1. The third-order valence-electron chi connectivity index (χ3n) is 6.40. The van der Waals surface area contributed by atoms with E-state index in [1.165, 1.54) is 29.2 Å². The molecule has 2 aromatic heterocycles. The van der Waals surface area contributed by atoms with Crippen molar-refractivity contribution in [3.63, 3.8) is 0 Å². The highest BCUT2D eigenvalue weighted by Gasteiger charge is 2.31. The molecule has 1 N–H and O–H groups in total. The van der Waals surface area contributed by atoms with Gasteiger partial charge in [-0.2, -0.15) is 13.2 Å². The van der Waals surface area contributed by atoms with Crippen LogP contribution in [0.25, 0.3) is 10.2 Å². The molecule has 0 saturated carbocycles. The van der Waals surface area contributed by atoms with Crippen LogP contribution in [0, 0.1) is 12.7 Å². The standard InChI is InChI=1S/C24H25F4N3O4S/c1-14-18-20(33)30(12-6-15-2-4-16(25)5-3-15)23(35)31(13-9-24(26,27)28)22(18)36-19(14)21(34)29-10-7-17(32)8-11-29/h2-5,17,32H,6-13H2,1H3. The fourth-order valence-electron chi connectivity index (χ4n) is 4.34. The molecule has 7 nitrogen and oxygen atoms in total. The number of hydrogen-bond acceptors (Lipinski definition) is 5. The molecular weight excluding hydrogens is 502 g/mol. The number of carbonyl (C=O) groups excluding carboxylic acids is 1. The molecule has 0 bridgehead atoms. The molecule has 3 heterocycles. The second kappa shape index (κ2) is 10.2. The van der Waals surface area contributed by atoms with Crippen LogP contribution in [0.15, 0.2) is 33.9 Å². The largest absolute Gasteiger partial charge is 0.393 e. The number of hydrogen-bond donors (Lipinski definition) is 1. The molecule has 194 valence electrons. The van der Waals surface area contributed by atoms with Crippen molar-refractivity contribution < 1.29 is 27.5 Å². The lowest BCUT2D eigenvalue weighted by Gasteiger charge is -2.29. The number of aliphatic hydroxyl groups excluding tert-OH is 1. The molecule has 0 atom stereocenters. The minimum absolute atomic E-state index is 0.0326. The Kier molecular flexibility index (Phi) is 7.37. The average molecular weight is 528 g/mol. The Bertz CT molecular complexity index is 1380. The van der Waals surface area contributed by atoms with Gasteiger partial charge in [0.25, 0.3) is 11.5 Å². The average Bonchev–Trinajstić information content (AvgIpc) is 3.16. The first kappa shape index (κ1) is 26.1. The Hall–Kier alpha value is -2.99. The molecule has 0 spiro atoms. The van der Waals surface area contributed by atoms with Gasteiger partial charge in [0.15, 0.2) is 0 Å². The zero-order chi connectivity index (χ0) is 26.2. The smallest absolute Gasteiger partial charge is 0.390 e. The molecule has 1 fully saturated rings. The van der Waals surface area contributed by atoms with Crippen LogP contribution in [0.1, 0.15) is 40.1 Å². The van der Waals surface area contributed by atoms with Crippen LogP contribution in [0.5, 0.6) is 0 Å². The third kappa shape index (κ3) is 5.39. The van der Waals surface area contributed by atoms with Crippen molar-refractivity contribution in [3.05, 3.63) is 66.9 Å². The van der Waals surface area contributed by atoms with Crippen molar-refractivity contribution in [1.29, 1.82) is 0 Å². The van der Waals surface area contributed by atoms with Gasteiger partial charge in [-0.25, -0.2) is 9.18 Å². The number of halogens is 4. The molecule has 12 heteroatoms. The molecule has 3 aromatic rings. The molecule has 36 heavy (non-hydrogen) atoms. The van der Waals surface area contributed by atoms with E-state index in [0.29, 0.717) is 37.1 Å². The van der Waals surface area contributed by atoms with Crippen LogP contribution in [0.2, 0.25) is 0 Å². The van der Waals surface area contributed by atoms with Crippen LogP contribution in [0.4, 0.5) is 17.6 Å². The topological polar surface area (TPSA) is 84.5 Å². The van der Waals surface area contributed by atoms with Crippen molar-refractivity contribution in [2.45, 2.75) is 58.0 Å². The summed E-state index contributed by atoms with van der Waals surface area (Å²) in [4.78, 5) is 41.5. The summed E-state index contributed by atoms with van der Waals surface area (Å²) >= 11 is 0.844. The van der Waals surface area contributed by atoms with E-state index in [4.69, 9.17) is 0 Å². The second-order valence-electron chi connectivity index (χ2n) is 8.89. The van der Waals surface area contributed by atoms with Gasteiger partial charge in [0.05, 0.1) is 22.8 Å². The van der Waals surface area contributed by atoms with Gasteiger partial charge in [-0.1, -0.05) is 12.1 Å². The summed E-state index contributed by atoms with van der Waals surface area (Å²) in [6.45, 7) is 1.37. The lowest BCUT2D eigenvalue weighted by molar-refractivity contribution is -0.136. The summed E-state index contributed by atoms with van der Waals surface area (Å²) in [5, 5.41) is 9.77. The Balaban J connectivity index is 1.79. The lowest BCUT2D eigenvalue weighted by Crippen LogP contribution is -2.41. The Morgan fingerprint density at radius 1 is 1.08 bits per heavy atom. The quantitative estimate of drug-likeness (QED) is 0.498. The van der Waals surface area contributed by atoms with Crippen molar-refractivity contribution in [3.8, 4) is 0 Å². The van der Waals surface area contributed by atoms with Crippen LogP contribution in [0.3, 0.4) is 0 Å².